The summed E-state index contributed by atoms with van der Waals surface area (Å²) in [5.74, 6) is -0.686. The molecule has 0 unspecified atom stereocenters. The van der Waals surface area contributed by atoms with Crippen molar-refractivity contribution in [2.75, 3.05) is 13.6 Å². The Morgan fingerprint density at radius 1 is 1.36 bits per heavy atom. The van der Waals surface area contributed by atoms with Crippen LogP contribution in [-0.2, 0) is 17.5 Å². The number of aromatic nitrogens is 1. The monoisotopic (exact) mass is 413 g/mol. The van der Waals surface area contributed by atoms with Crippen LogP contribution in [0.3, 0.4) is 0 Å². The topological polar surface area (TPSA) is 54.8 Å². The summed E-state index contributed by atoms with van der Waals surface area (Å²) in [5, 5.41) is 0.174. The Morgan fingerprint density at radius 2 is 2.07 bits per heavy atom. The van der Waals surface area contributed by atoms with Gasteiger partial charge in [-0.2, -0.15) is 13.2 Å². The van der Waals surface area contributed by atoms with Crippen LogP contribution >= 0.6 is 11.6 Å². The molecular formula is C19H19ClF3N3O2. The van der Waals surface area contributed by atoms with Gasteiger partial charge in [0.2, 0.25) is 0 Å². The summed E-state index contributed by atoms with van der Waals surface area (Å²) in [6, 6.07) is 5.17. The van der Waals surface area contributed by atoms with E-state index in [-0.39, 0.29) is 17.2 Å². The summed E-state index contributed by atoms with van der Waals surface area (Å²) in [6.45, 7) is 4.34. The molecule has 2 rings (SSSR count). The molecule has 0 fully saturated rings. The smallest absolute Gasteiger partial charge is 0.433 e. The van der Waals surface area contributed by atoms with E-state index in [0.717, 1.165) is 24.4 Å². The van der Waals surface area contributed by atoms with Gasteiger partial charge in [0.05, 0.1) is 22.6 Å². The molecule has 28 heavy (non-hydrogen) atoms. The van der Waals surface area contributed by atoms with E-state index >= 15 is 0 Å². The first-order valence-corrected chi connectivity index (χ1v) is 8.73. The summed E-state index contributed by atoms with van der Waals surface area (Å²) >= 11 is 6.17. The van der Waals surface area contributed by atoms with E-state index in [9.17, 15) is 18.0 Å². The number of rotatable bonds is 6. The lowest BCUT2D eigenvalue weighted by atomic mass is 10.1. The molecule has 150 valence electrons. The number of alkyl halides is 3. The molecule has 0 radical (unpaired) electrons. The second-order valence-corrected chi connectivity index (χ2v) is 6.47. The number of hydrogen-bond donors (Lipinski definition) is 0. The first-order valence-electron chi connectivity index (χ1n) is 8.35. The molecular weight excluding hydrogens is 395 g/mol. The maximum Gasteiger partial charge on any atom is 0.433 e. The number of carbonyl (C=O) groups excluding carboxylic acids is 1. The van der Waals surface area contributed by atoms with Crippen LogP contribution in [0.15, 0.2) is 35.5 Å². The van der Waals surface area contributed by atoms with E-state index < -0.39 is 17.8 Å². The van der Waals surface area contributed by atoms with Crippen LogP contribution in [0.25, 0.3) is 0 Å². The number of pyridine rings is 1. The van der Waals surface area contributed by atoms with Gasteiger partial charge in [-0.05, 0) is 37.6 Å². The van der Waals surface area contributed by atoms with E-state index in [2.05, 4.69) is 9.98 Å². The highest BCUT2D eigenvalue weighted by Gasteiger charge is 2.32. The molecule has 0 amide bonds. The lowest BCUT2D eigenvalue weighted by Gasteiger charge is -2.11. The van der Waals surface area contributed by atoms with Gasteiger partial charge in [-0.3, -0.25) is 4.98 Å². The molecule has 0 atom stereocenters. The number of benzene rings is 1. The average Bonchev–Trinajstić information content (AvgIpc) is 2.65. The Labute approximate surface area is 165 Å². The predicted octanol–water partition coefficient (Wildman–Crippen LogP) is 5.03. The molecule has 0 aliphatic heterocycles. The third kappa shape index (κ3) is 5.69. The zero-order valence-corrected chi connectivity index (χ0v) is 16.3. The highest BCUT2D eigenvalue weighted by Crippen LogP contribution is 2.29. The predicted molar refractivity (Wildman–Crippen MR) is 101 cm³/mol. The largest absolute Gasteiger partial charge is 0.457 e. The van der Waals surface area contributed by atoms with E-state index in [1.54, 1.807) is 25.4 Å². The lowest BCUT2D eigenvalue weighted by molar-refractivity contribution is -0.141. The van der Waals surface area contributed by atoms with Gasteiger partial charge in [0.25, 0.3) is 0 Å². The third-order valence-electron chi connectivity index (χ3n) is 3.88. The van der Waals surface area contributed by atoms with Gasteiger partial charge in [-0.1, -0.05) is 17.7 Å². The van der Waals surface area contributed by atoms with E-state index in [0.29, 0.717) is 11.3 Å². The first-order chi connectivity index (χ1) is 13.1. The van der Waals surface area contributed by atoms with Crippen molar-refractivity contribution in [1.82, 2.24) is 9.88 Å². The van der Waals surface area contributed by atoms with Crippen LogP contribution in [0.2, 0.25) is 5.02 Å². The third-order valence-corrected chi connectivity index (χ3v) is 4.20. The summed E-state index contributed by atoms with van der Waals surface area (Å²) in [4.78, 5) is 21.8. The van der Waals surface area contributed by atoms with Gasteiger partial charge < -0.3 is 9.64 Å². The number of ether oxygens (including phenoxy) is 1. The van der Waals surface area contributed by atoms with Crippen molar-refractivity contribution in [2.45, 2.75) is 26.6 Å². The maximum atomic E-state index is 12.5. The van der Waals surface area contributed by atoms with E-state index in [4.69, 9.17) is 16.3 Å². The lowest BCUT2D eigenvalue weighted by Crippen LogP contribution is -2.14. The van der Waals surface area contributed by atoms with E-state index in [1.165, 1.54) is 6.07 Å². The van der Waals surface area contributed by atoms with Crippen molar-refractivity contribution < 1.29 is 22.7 Å². The zero-order chi connectivity index (χ0) is 20.9. The fraction of sp³-hybridized carbons (Fsp3) is 0.316. The van der Waals surface area contributed by atoms with Crippen molar-refractivity contribution in [1.29, 1.82) is 0 Å². The van der Waals surface area contributed by atoms with E-state index in [1.807, 2.05) is 18.9 Å². The fourth-order valence-electron chi connectivity index (χ4n) is 2.11. The molecule has 0 N–H and O–H groups in total. The highest BCUT2D eigenvalue weighted by molar-refractivity contribution is 6.33. The number of aliphatic imine (C=N–C) groups is 1. The summed E-state index contributed by atoms with van der Waals surface area (Å²) in [6.07, 6.45) is -1.84. The minimum atomic E-state index is -4.52. The fourth-order valence-corrected chi connectivity index (χ4v) is 2.35. The number of esters is 1. The Kier molecular flexibility index (Phi) is 7.01. The first kappa shape index (κ1) is 21.7. The van der Waals surface area contributed by atoms with Crippen molar-refractivity contribution in [2.24, 2.45) is 4.99 Å². The van der Waals surface area contributed by atoms with Crippen molar-refractivity contribution in [3.05, 3.63) is 57.9 Å². The zero-order valence-electron chi connectivity index (χ0n) is 15.5. The van der Waals surface area contributed by atoms with Gasteiger partial charge in [0.15, 0.2) is 0 Å². The van der Waals surface area contributed by atoms with Crippen molar-refractivity contribution >= 4 is 29.6 Å². The maximum absolute atomic E-state index is 12.5. The van der Waals surface area contributed by atoms with Gasteiger partial charge in [-0.15, -0.1) is 0 Å². The van der Waals surface area contributed by atoms with Crippen LogP contribution in [0.1, 0.15) is 34.1 Å². The highest BCUT2D eigenvalue weighted by atomic mass is 35.5. The number of hydrogen-bond acceptors (Lipinski definition) is 4. The molecule has 0 saturated heterocycles. The molecule has 0 saturated carbocycles. The van der Waals surface area contributed by atoms with Crippen LogP contribution in [-0.4, -0.2) is 35.8 Å². The van der Waals surface area contributed by atoms with Crippen LogP contribution < -0.4 is 0 Å². The Bertz CT molecular complexity index is 868. The molecule has 9 heteroatoms. The van der Waals surface area contributed by atoms with Crippen LogP contribution in [0.5, 0.6) is 0 Å². The van der Waals surface area contributed by atoms with Crippen molar-refractivity contribution in [3.63, 3.8) is 0 Å². The standard InChI is InChI=1S/C19H19ClF3N3O2/c1-4-26(3)11-25-16-8-15(20)14(7-12(16)2)18(27)28-10-13-5-6-17(24-9-13)19(21,22)23/h5-9,11H,4,10H2,1-3H3/b25-11+. The summed E-state index contributed by atoms with van der Waals surface area (Å²) in [5.41, 5.74) is 0.827. The van der Waals surface area contributed by atoms with Crippen molar-refractivity contribution in [3.8, 4) is 0 Å². The van der Waals surface area contributed by atoms with Gasteiger partial charge in [-0.25, -0.2) is 9.79 Å². The van der Waals surface area contributed by atoms with Gasteiger partial charge in [0.1, 0.15) is 12.3 Å². The molecule has 1 aromatic heterocycles. The molecule has 2 aromatic rings. The summed E-state index contributed by atoms with van der Waals surface area (Å²) in [7, 11) is 1.88. The number of halogens is 4. The minimum Gasteiger partial charge on any atom is -0.457 e. The quantitative estimate of drug-likeness (QED) is 0.378. The summed E-state index contributed by atoms with van der Waals surface area (Å²) < 4.78 is 42.7. The Morgan fingerprint density at radius 3 is 2.64 bits per heavy atom. The van der Waals surface area contributed by atoms with Crippen LogP contribution in [0, 0.1) is 6.92 Å². The van der Waals surface area contributed by atoms with Gasteiger partial charge >= 0.3 is 12.1 Å². The molecule has 1 heterocycles. The number of aryl methyl sites for hydroxylation is 1. The SMILES string of the molecule is CCN(C)/C=N/c1cc(Cl)c(C(=O)OCc2ccc(C(F)(F)F)nc2)cc1C. The Balaban J connectivity index is 2.08. The van der Waals surface area contributed by atoms with Crippen LogP contribution in [0.4, 0.5) is 18.9 Å². The molecule has 0 bridgehead atoms. The number of nitrogens with zero attached hydrogens (tertiary/aromatic N) is 3. The normalized spacial score (nSPS) is 11.7. The Hall–Kier alpha value is -2.61. The molecule has 0 aliphatic rings. The average molecular weight is 414 g/mol. The molecule has 1 aromatic carbocycles. The second-order valence-electron chi connectivity index (χ2n) is 6.06. The number of carbonyl (C=O) groups is 1. The second kappa shape index (κ2) is 9.05. The molecule has 5 nitrogen and oxygen atoms in total. The minimum absolute atomic E-state index is 0.154. The molecule has 0 aliphatic carbocycles. The molecule has 0 spiro atoms. The van der Waals surface area contributed by atoms with Gasteiger partial charge in [0, 0.05) is 25.4 Å².